The Kier molecular flexibility index (Phi) is 4.48. The fraction of sp³-hybridized carbons (Fsp3) is 0.136. The monoisotopic (exact) mass is 316 g/mol. The molecule has 0 spiro atoms. The summed E-state index contributed by atoms with van der Waals surface area (Å²) in [5.74, 6) is -1.43. The number of carbonyl (C=O) groups is 1. The summed E-state index contributed by atoms with van der Waals surface area (Å²) < 4.78 is 0. The molecule has 0 radical (unpaired) electrons. The van der Waals surface area contributed by atoms with Crippen LogP contribution in [-0.4, -0.2) is 11.1 Å². The molecule has 120 valence electrons. The van der Waals surface area contributed by atoms with E-state index < -0.39 is 17.3 Å². The summed E-state index contributed by atoms with van der Waals surface area (Å²) in [5, 5.41) is 9.90. The average Bonchev–Trinajstić information content (AvgIpc) is 2.65. The van der Waals surface area contributed by atoms with Crippen molar-refractivity contribution in [3.8, 4) is 0 Å². The van der Waals surface area contributed by atoms with Gasteiger partial charge in [0.25, 0.3) is 0 Å². The fourth-order valence-corrected chi connectivity index (χ4v) is 3.54. The minimum atomic E-state index is -0.813. The Hall–Kier alpha value is -2.87. The molecule has 2 nitrogen and oxygen atoms in total. The van der Waals surface area contributed by atoms with Gasteiger partial charge in [-0.25, -0.2) is 0 Å². The largest absolute Gasteiger partial charge is 0.481 e. The molecule has 0 saturated carbocycles. The maximum atomic E-state index is 12.1. The van der Waals surface area contributed by atoms with Crippen molar-refractivity contribution >= 4 is 5.97 Å². The van der Waals surface area contributed by atoms with E-state index in [2.05, 4.69) is 0 Å². The van der Waals surface area contributed by atoms with Gasteiger partial charge in [-0.2, -0.15) is 0 Å². The number of carboxylic acid groups (broad SMARTS) is 1. The second-order valence-corrected chi connectivity index (χ2v) is 5.97. The van der Waals surface area contributed by atoms with Crippen molar-refractivity contribution in [2.75, 3.05) is 0 Å². The number of carboxylic acids is 1. The molecule has 0 saturated heterocycles. The summed E-state index contributed by atoms with van der Waals surface area (Å²) in [6, 6.07) is 29.7. The molecule has 0 unspecified atom stereocenters. The predicted octanol–water partition coefficient (Wildman–Crippen LogP) is 4.74. The third-order valence-electron chi connectivity index (χ3n) is 4.71. The lowest BCUT2D eigenvalue weighted by atomic mass is 9.62. The lowest BCUT2D eigenvalue weighted by molar-refractivity contribution is -0.142. The zero-order valence-corrected chi connectivity index (χ0v) is 13.6. The summed E-state index contributed by atoms with van der Waals surface area (Å²) in [4.78, 5) is 12.1. The minimum absolute atomic E-state index is 0.621. The summed E-state index contributed by atoms with van der Waals surface area (Å²) in [7, 11) is 0. The van der Waals surface area contributed by atoms with Gasteiger partial charge >= 0.3 is 5.97 Å². The van der Waals surface area contributed by atoms with Crippen molar-refractivity contribution in [3.05, 3.63) is 108 Å². The van der Waals surface area contributed by atoms with Gasteiger partial charge in [-0.05, 0) is 16.7 Å². The van der Waals surface area contributed by atoms with Gasteiger partial charge in [0.05, 0.1) is 11.3 Å². The molecular formula is C22H20O2. The van der Waals surface area contributed by atoms with Crippen molar-refractivity contribution in [2.45, 2.75) is 12.3 Å². The highest BCUT2D eigenvalue weighted by molar-refractivity contribution is 5.75. The van der Waals surface area contributed by atoms with Crippen LogP contribution in [0.1, 0.15) is 23.6 Å². The molecule has 0 aliphatic carbocycles. The SMILES string of the molecule is C[C@H](C(=O)O)C(c1ccccc1)(c1ccccc1)c1ccccc1. The van der Waals surface area contributed by atoms with Crippen molar-refractivity contribution in [2.24, 2.45) is 5.92 Å². The van der Waals surface area contributed by atoms with Crippen LogP contribution in [0.4, 0.5) is 0 Å². The average molecular weight is 316 g/mol. The van der Waals surface area contributed by atoms with Gasteiger partial charge < -0.3 is 5.11 Å². The highest BCUT2D eigenvalue weighted by Gasteiger charge is 2.44. The minimum Gasteiger partial charge on any atom is -0.481 e. The first-order chi connectivity index (χ1) is 11.7. The van der Waals surface area contributed by atoms with E-state index in [1.165, 1.54) is 0 Å². The molecule has 0 amide bonds. The second-order valence-electron chi connectivity index (χ2n) is 5.97. The Morgan fingerprint density at radius 3 is 1.25 bits per heavy atom. The quantitative estimate of drug-likeness (QED) is 0.690. The zero-order chi connectivity index (χ0) is 17.0. The van der Waals surface area contributed by atoms with Gasteiger partial charge in [-0.3, -0.25) is 4.79 Å². The second kappa shape index (κ2) is 6.71. The highest BCUT2D eigenvalue weighted by Crippen LogP contribution is 2.45. The number of rotatable bonds is 5. The van der Waals surface area contributed by atoms with Crippen LogP contribution in [0.3, 0.4) is 0 Å². The van der Waals surface area contributed by atoms with E-state index in [9.17, 15) is 9.90 Å². The lowest BCUT2D eigenvalue weighted by Gasteiger charge is -2.39. The fourth-order valence-electron chi connectivity index (χ4n) is 3.54. The van der Waals surface area contributed by atoms with Crippen molar-refractivity contribution in [1.82, 2.24) is 0 Å². The highest BCUT2D eigenvalue weighted by atomic mass is 16.4. The van der Waals surface area contributed by atoms with E-state index in [1.54, 1.807) is 6.92 Å². The summed E-state index contributed by atoms with van der Waals surface area (Å²) in [6.45, 7) is 1.79. The predicted molar refractivity (Wildman–Crippen MR) is 96.0 cm³/mol. The van der Waals surface area contributed by atoms with Crippen LogP contribution in [0, 0.1) is 5.92 Å². The first-order valence-corrected chi connectivity index (χ1v) is 8.06. The molecule has 0 aliphatic rings. The van der Waals surface area contributed by atoms with Crippen molar-refractivity contribution in [3.63, 3.8) is 0 Å². The van der Waals surface area contributed by atoms with E-state index in [4.69, 9.17) is 0 Å². The molecular weight excluding hydrogens is 296 g/mol. The number of benzene rings is 3. The normalized spacial score (nSPS) is 12.5. The topological polar surface area (TPSA) is 37.3 Å². The van der Waals surface area contributed by atoms with Gasteiger partial charge in [-0.1, -0.05) is 97.9 Å². The first-order valence-electron chi connectivity index (χ1n) is 8.06. The van der Waals surface area contributed by atoms with E-state index in [1.807, 2.05) is 91.0 Å². The van der Waals surface area contributed by atoms with E-state index in [0.29, 0.717) is 0 Å². The molecule has 0 aliphatic heterocycles. The third kappa shape index (κ3) is 2.61. The Morgan fingerprint density at radius 2 is 1.00 bits per heavy atom. The Balaban J connectivity index is 2.39. The number of hydrogen-bond donors (Lipinski definition) is 1. The summed E-state index contributed by atoms with van der Waals surface area (Å²) in [5.41, 5.74) is 2.21. The molecule has 2 heteroatoms. The molecule has 1 N–H and O–H groups in total. The Morgan fingerprint density at radius 1 is 0.708 bits per heavy atom. The molecule has 3 rings (SSSR count). The van der Waals surface area contributed by atoms with Crippen LogP contribution in [0.2, 0.25) is 0 Å². The van der Waals surface area contributed by atoms with E-state index in [-0.39, 0.29) is 0 Å². The van der Waals surface area contributed by atoms with Gasteiger partial charge in [0, 0.05) is 0 Å². The molecule has 0 bridgehead atoms. The maximum absolute atomic E-state index is 12.1. The van der Waals surface area contributed by atoms with Gasteiger partial charge in [0.2, 0.25) is 0 Å². The lowest BCUT2D eigenvalue weighted by Crippen LogP contribution is -2.40. The first kappa shape index (κ1) is 16.0. The summed E-state index contributed by atoms with van der Waals surface area (Å²) >= 11 is 0. The molecule has 24 heavy (non-hydrogen) atoms. The van der Waals surface area contributed by atoms with Crippen molar-refractivity contribution in [1.29, 1.82) is 0 Å². The van der Waals surface area contributed by atoms with Crippen LogP contribution < -0.4 is 0 Å². The van der Waals surface area contributed by atoms with Crippen LogP contribution >= 0.6 is 0 Å². The van der Waals surface area contributed by atoms with E-state index >= 15 is 0 Å². The number of aliphatic carboxylic acids is 1. The van der Waals surface area contributed by atoms with Gasteiger partial charge in [0.1, 0.15) is 0 Å². The standard InChI is InChI=1S/C22H20O2/c1-17(21(23)24)22(18-11-5-2-6-12-18,19-13-7-3-8-14-19)20-15-9-4-10-16-20/h2-17H,1H3,(H,23,24)/t17-/m1/s1. The molecule has 0 aromatic heterocycles. The summed E-state index contributed by atoms with van der Waals surface area (Å²) in [6.07, 6.45) is 0. The maximum Gasteiger partial charge on any atom is 0.307 e. The molecule has 0 heterocycles. The molecule has 1 atom stereocenters. The molecule has 3 aromatic rings. The van der Waals surface area contributed by atoms with Crippen LogP contribution in [0.15, 0.2) is 91.0 Å². The molecule has 3 aromatic carbocycles. The van der Waals surface area contributed by atoms with Gasteiger partial charge in [-0.15, -0.1) is 0 Å². The van der Waals surface area contributed by atoms with Crippen molar-refractivity contribution < 1.29 is 9.90 Å². The molecule has 0 fully saturated rings. The van der Waals surface area contributed by atoms with Crippen LogP contribution in [0.25, 0.3) is 0 Å². The zero-order valence-electron chi connectivity index (χ0n) is 13.6. The van der Waals surface area contributed by atoms with Crippen LogP contribution in [0.5, 0.6) is 0 Å². The Labute approximate surface area is 142 Å². The van der Waals surface area contributed by atoms with Crippen LogP contribution in [-0.2, 0) is 10.2 Å². The van der Waals surface area contributed by atoms with E-state index in [0.717, 1.165) is 16.7 Å². The third-order valence-corrected chi connectivity index (χ3v) is 4.71. The number of hydrogen-bond acceptors (Lipinski definition) is 1. The Bertz CT molecular complexity index is 698. The van der Waals surface area contributed by atoms with Gasteiger partial charge in [0.15, 0.2) is 0 Å². The smallest absolute Gasteiger partial charge is 0.307 e.